The Morgan fingerprint density at radius 2 is 2.00 bits per heavy atom. The highest BCUT2D eigenvalue weighted by molar-refractivity contribution is 5.91. The van der Waals surface area contributed by atoms with Crippen LogP contribution in [0.5, 0.6) is 11.5 Å². The number of aryl methyl sites for hydroxylation is 1. The minimum Gasteiger partial charge on any atom is -0.455 e. The van der Waals surface area contributed by atoms with Crippen LogP contribution in [0.15, 0.2) is 66.9 Å². The van der Waals surface area contributed by atoms with E-state index < -0.39 is 0 Å². The van der Waals surface area contributed by atoms with Crippen LogP contribution in [0.3, 0.4) is 0 Å². The van der Waals surface area contributed by atoms with Crippen molar-refractivity contribution in [2.75, 3.05) is 11.9 Å². The van der Waals surface area contributed by atoms with Crippen LogP contribution in [-0.2, 0) is 7.05 Å². The second-order valence-electron chi connectivity index (χ2n) is 6.88. The second-order valence-corrected chi connectivity index (χ2v) is 6.88. The smallest absolute Gasteiger partial charge is 0.322 e. The molecule has 1 aliphatic heterocycles. The fourth-order valence-corrected chi connectivity index (χ4v) is 3.64. The molecular weight excluding hydrogens is 357 g/mol. The summed E-state index contributed by atoms with van der Waals surface area (Å²) in [7, 11) is 1.99. The van der Waals surface area contributed by atoms with E-state index in [1.165, 1.54) is 12.1 Å². The summed E-state index contributed by atoms with van der Waals surface area (Å²) in [6.07, 6.45) is 3.89. The minimum atomic E-state index is -0.374. The SMILES string of the molecule is Cn1cccc1C1CCCN1C(=O)Nc1ccccc1Oc1cccc(F)c1. The summed E-state index contributed by atoms with van der Waals surface area (Å²) < 4.78 is 21.3. The number of hydrogen-bond donors (Lipinski definition) is 1. The molecule has 1 aliphatic rings. The Hall–Kier alpha value is -3.28. The first-order valence-corrected chi connectivity index (χ1v) is 9.33. The van der Waals surface area contributed by atoms with Crippen molar-refractivity contribution in [1.29, 1.82) is 0 Å². The highest BCUT2D eigenvalue weighted by atomic mass is 19.1. The quantitative estimate of drug-likeness (QED) is 0.666. The average molecular weight is 379 g/mol. The molecule has 3 aromatic rings. The molecule has 2 aromatic carbocycles. The van der Waals surface area contributed by atoms with Crippen molar-refractivity contribution in [3.63, 3.8) is 0 Å². The monoisotopic (exact) mass is 379 g/mol. The van der Waals surface area contributed by atoms with Crippen molar-refractivity contribution in [3.05, 3.63) is 78.4 Å². The zero-order chi connectivity index (χ0) is 19.5. The summed E-state index contributed by atoms with van der Waals surface area (Å²) in [4.78, 5) is 14.8. The molecule has 2 heterocycles. The predicted molar refractivity (Wildman–Crippen MR) is 106 cm³/mol. The lowest BCUT2D eigenvalue weighted by Crippen LogP contribution is -2.35. The van der Waals surface area contributed by atoms with E-state index in [-0.39, 0.29) is 17.9 Å². The largest absolute Gasteiger partial charge is 0.455 e. The number of nitrogens with one attached hydrogen (secondary N) is 1. The molecule has 0 aliphatic carbocycles. The van der Waals surface area contributed by atoms with Crippen LogP contribution >= 0.6 is 0 Å². The Kier molecular flexibility index (Phi) is 5.02. The van der Waals surface area contributed by atoms with Crippen LogP contribution in [0.4, 0.5) is 14.9 Å². The molecule has 4 rings (SSSR count). The first-order chi connectivity index (χ1) is 13.6. The van der Waals surface area contributed by atoms with Gasteiger partial charge in [0.15, 0.2) is 5.75 Å². The fourth-order valence-electron chi connectivity index (χ4n) is 3.64. The normalized spacial score (nSPS) is 16.2. The average Bonchev–Trinajstić information content (AvgIpc) is 3.32. The maximum atomic E-state index is 13.4. The molecular formula is C22H22FN3O2. The van der Waals surface area contributed by atoms with Crippen LogP contribution < -0.4 is 10.1 Å². The lowest BCUT2D eigenvalue weighted by atomic mass is 10.1. The Balaban J connectivity index is 1.53. The molecule has 0 bridgehead atoms. The van der Waals surface area contributed by atoms with Crippen LogP contribution in [0, 0.1) is 5.82 Å². The minimum absolute atomic E-state index is 0.0521. The number of hydrogen-bond acceptors (Lipinski definition) is 2. The van der Waals surface area contributed by atoms with Crippen molar-refractivity contribution in [2.24, 2.45) is 7.05 Å². The lowest BCUT2D eigenvalue weighted by molar-refractivity contribution is 0.205. The maximum Gasteiger partial charge on any atom is 0.322 e. The van der Waals surface area contributed by atoms with Crippen LogP contribution in [0.1, 0.15) is 24.6 Å². The van der Waals surface area contributed by atoms with Gasteiger partial charge >= 0.3 is 6.03 Å². The molecule has 28 heavy (non-hydrogen) atoms. The molecule has 6 heteroatoms. The number of urea groups is 1. The lowest BCUT2D eigenvalue weighted by Gasteiger charge is -2.26. The van der Waals surface area contributed by atoms with E-state index in [2.05, 4.69) is 16.0 Å². The summed E-state index contributed by atoms with van der Waals surface area (Å²) in [6, 6.07) is 17.0. The fraction of sp³-hybridized carbons (Fsp3) is 0.227. The molecule has 1 aromatic heterocycles. The van der Waals surface area contributed by atoms with Gasteiger partial charge < -0.3 is 19.5 Å². The van der Waals surface area contributed by atoms with Gasteiger partial charge in [0, 0.05) is 31.5 Å². The first kappa shape index (κ1) is 18.1. The molecule has 1 fully saturated rings. The number of carbonyl (C=O) groups excluding carboxylic acids is 1. The Morgan fingerprint density at radius 3 is 2.79 bits per heavy atom. The van der Waals surface area contributed by atoms with Crippen molar-refractivity contribution < 1.29 is 13.9 Å². The van der Waals surface area contributed by atoms with Crippen molar-refractivity contribution in [2.45, 2.75) is 18.9 Å². The van der Waals surface area contributed by atoms with Gasteiger partial charge in [-0.1, -0.05) is 18.2 Å². The number of likely N-dealkylation sites (tertiary alicyclic amines) is 1. The number of para-hydroxylation sites is 2. The molecule has 1 saturated heterocycles. The standard InChI is InChI=1S/C22H22FN3O2/c1-25-13-5-10-19(25)20-11-6-14-26(20)22(27)24-18-9-2-3-12-21(18)28-17-8-4-7-16(23)15-17/h2-5,7-10,12-13,15,20H,6,11,14H2,1H3,(H,24,27). The Morgan fingerprint density at radius 1 is 1.14 bits per heavy atom. The van der Waals surface area contributed by atoms with Crippen molar-refractivity contribution in [3.8, 4) is 11.5 Å². The van der Waals surface area contributed by atoms with Gasteiger partial charge in [-0.3, -0.25) is 0 Å². The van der Waals surface area contributed by atoms with Gasteiger partial charge in [0.1, 0.15) is 11.6 Å². The number of carbonyl (C=O) groups is 1. The Bertz CT molecular complexity index is 985. The van der Waals surface area contributed by atoms with Gasteiger partial charge in [0.05, 0.1) is 11.7 Å². The number of amides is 2. The summed E-state index contributed by atoms with van der Waals surface area (Å²) in [5.41, 5.74) is 1.67. The summed E-state index contributed by atoms with van der Waals surface area (Å²) in [5, 5.41) is 2.96. The molecule has 5 nitrogen and oxygen atoms in total. The molecule has 2 amide bonds. The van der Waals surface area contributed by atoms with E-state index >= 15 is 0 Å². The molecule has 0 saturated carbocycles. The third-order valence-corrected chi connectivity index (χ3v) is 4.99. The van der Waals surface area contributed by atoms with Crippen molar-refractivity contribution >= 4 is 11.7 Å². The van der Waals surface area contributed by atoms with Gasteiger partial charge in [0.25, 0.3) is 0 Å². The summed E-state index contributed by atoms with van der Waals surface area (Å²) in [5.74, 6) is 0.474. The van der Waals surface area contributed by atoms with E-state index in [0.717, 1.165) is 18.5 Å². The molecule has 0 spiro atoms. The summed E-state index contributed by atoms with van der Waals surface area (Å²) in [6.45, 7) is 0.703. The number of rotatable bonds is 4. The molecule has 1 N–H and O–H groups in total. The van der Waals surface area contributed by atoms with Crippen LogP contribution in [-0.4, -0.2) is 22.0 Å². The van der Waals surface area contributed by atoms with Crippen LogP contribution in [0.2, 0.25) is 0 Å². The van der Waals surface area contributed by atoms with Crippen molar-refractivity contribution in [1.82, 2.24) is 9.47 Å². The zero-order valence-electron chi connectivity index (χ0n) is 15.6. The zero-order valence-corrected chi connectivity index (χ0v) is 15.6. The van der Waals surface area contributed by atoms with E-state index in [1.54, 1.807) is 24.3 Å². The molecule has 0 radical (unpaired) electrons. The van der Waals surface area contributed by atoms with Gasteiger partial charge in [-0.2, -0.15) is 0 Å². The molecule has 1 unspecified atom stereocenters. The summed E-state index contributed by atoms with van der Waals surface area (Å²) >= 11 is 0. The third kappa shape index (κ3) is 3.71. The van der Waals surface area contributed by atoms with E-state index in [4.69, 9.17) is 4.74 Å². The molecule has 1 atom stereocenters. The number of halogens is 1. The van der Waals surface area contributed by atoms with Gasteiger partial charge in [-0.15, -0.1) is 0 Å². The number of ether oxygens (including phenoxy) is 1. The maximum absolute atomic E-state index is 13.4. The topological polar surface area (TPSA) is 46.5 Å². The van der Waals surface area contributed by atoms with E-state index in [0.29, 0.717) is 23.7 Å². The van der Waals surface area contributed by atoms with Gasteiger partial charge in [-0.25, -0.2) is 9.18 Å². The van der Waals surface area contributed by atoms with E-state index in [9.17, 15) is 9.18 Å². The van der Waals surface area contributed by atoms with E-state index in [1.807, 2.05) is 36.3 Å². The third-order valence-electron chi connectivity index (χ3n) is 4.99. The number of nitrogens with zero attached hydrogens (tertiary/aromatic N) is 2. The predicted octanol–water partition coefficient (Wildman–Crippen LogP) is 5.33. The van der Waals surface area contributed by atoms with Gasteiger partial charge in [0.2, 0.25) is 0 Å². The number of benzene rings is 2. The highest BCUT2D eigenvalue weighted by Crippen LogP contribution is 2.34. The number of anilines is 1. The molecule has 144 valence electrons. The second kappa shape index (κ2) is 7.76. The number of aromatic nitrogens is 1. The van der Waals surface area contributed by atoms with Gasteiger partial charge in [-0.05, 0) is 49.2 Å². The highest BCUT2D eigenvalue weighted by Gasteiger charge is 2.31. The van der Waals surface area contributed by atoms with Crippen LogP contribution in [0.25, 0.3) is 0 Å². The first-order valence-electron chi connectivity index (χ1n) is 9.33. The Labute approximate surface area is 163 Å².